The van der Waals surface area contributed by atoms with Gasteiger partial charge in [-0.1, -0.05) is 17.7 Å². The van der Waals surface area contributed by atoms with Crippen molar-refractivity contribution in [2.45, 2.75) is 6.42 Å². The average Bonchev–Trinajstić information content (AvgIpc) is 2.44. The van der Waals surface area contributed by atoms with Crippen LogP contribution in [0, 0.1) is 0 Å². The number of hydrogen-bond donors (Lipinski definition) is 1. The number of fused-ring (bicyclic) bond motifs is 1. The van der Waals surface area contributed by atoms with Crippen LogP contribution in [0.15, 0.2) is 24.4 Å². The number of nitrogens with two attached hydrogens (primary N) is 1. The van der Waals surface area contributed by atoms with Crippen molar-refractivity contribution in [2.75, 3.05) is 6.54 Å². The molecule has 0 fully saturated rings. The Hall–Kier alpha value is -0.990. The molecule has 3 heteroatoms. The van der Waals surface area contributed by atoms with Gasteiger partial charge in [-0.3, -0.25) is 0 Å². The van der Waals surface area contributed by atoms with Gasteiger partial charge in [0.05, 0.1) is 0 Å². The highest BCUT2D eigenvalue weighted by Gasteiger charge is 2.05. The summed E-state index contributed by atoms with van der Waals surface area (Å²) in [5.41, 5.74) is 8.02. The molecule has 1 heterocycles. The Bertz CT molecular complexity index is 460. The van der Waals surface area contributed by atoms with E-state index in [0.717, 1.165) is 11.4 Å². The maximum Gasteiger partial charge on any atom is 0.0495 e. The minimum atomic E-state index is 0.682. The molecular weight excluding hydrogens is 196 g/mol. The number of nitrogens with zero attached hydrogens (tertiary/aromatic N) is 1. The zero-order valence-corrected chi connectivity index (χ0v) is 8.88. The second-order valence-corrected chi connectivity index (χ2v) is 3.90. The number of hydrogen-bond acceptors (Lipinski definition) is 1. The number of rotatable bonds is 2. The summed E-state index contributed by atoms with van der Waals surface area (Å²) < 4.78 is 2.09. The SMILES string of the molecule is Cn1cc(CCN)c2ccc(Cl)cc21. The first-order valence-corrected chi connectivity index (χ1v) is 5.03. The van der Waals surface area contributed by atoms with E-state index in [1.807, 2.05) is 19.2 Å². The summed E-state index contributed by atoms with van der Waals surface area (Å²) in [7, 11) is 2.03. The molecule has 0 saturated carbocycles. The van der Waals surface area contributed by atoms with E-state index < -0.39 is 0 Å². The van der Waals surface area contributed by atoms with Gasteiger partial charge in [-0.25, -0.2) is 0 Å². The summed E-state index contributed by atoms with van der Waals surface area (Å²) in [5, 5.41) is 2.03. The lowest BCUT2D eigenvalue weighted by Gasteiger charge is -1.96. The van der Waals surface area contributed by atoms with Gasteiger partial charge in [-0.05, 0) is 30.7 Å². The van der Waals surface area contributed by atoms with Crippen molar-refractivity contribution in [1.29, 1.82) is 0 Å². The molecule has 0 spiro atoms. The first kappa shape index (κ1) is 9.56. The van der Waals surface area contributed by atoms with Gasteiger partial charge in [0.1, 0.15) is 0 Å². The van der Waals surface area contributed by atoms with Gasteiger partial charge in [0.15, 0.2) is 0 Å². The summed E-state index contributed by atoms with van der Waals surface area (Å²) in [6.45, 7) is 0.682. The molecule has 2 nitrogen and oxygen atoms in total. The summed E-state index contributed by atoms with van der Waals surface area (Å²) in [6, 6.07) is 5.96. The fourth-order valence-electron chi connectivity index (χ4n) is 1.80. The lowest BCUT2D eigenvalue weighted by Crippen LogP contribution is -2.01. The van der Waals surface area contributed by atoms with Gasteiger partial charge < -0.3 is 10.3 Å². The molecule has 2 rings (SSSR count). The zero-order valence-electron chi connectivity index (χ0n) is 8.13. The molecule has 0 radical (unpaired) electrons. The fraction of sp³-hybridized carbons (Fsp3) is 0.273. The number of aryl methyl sites for hydroxylation is 1. The van der Waals surface area contributed by atoms with E-state index in [2.05, 4.69) is 16.8 Å². The zero-order chi connectivity index (χ0) is 10.1. The van der Waals surface area contributed by atoms with Crippen molar-refractivity contribution in [3.05, 3.63) is 35.0 Å². The van der Waals surface area contributed by atoms with Crippen LogP contribution < -0.4 is 5.73 Å². The molecule has 14 heavy (non-hydrogen) atoms. The van der Waals surface area contributed by atoms with Gasteiger partial charge in [-0.15, -0.1) is 0 Å². The van der Waals surface area contributed by atoms with Crippen molar-refractivity contribution in [2.24, 2.45) is 12.8 Å². The molecule has 0 bridgehead atoms. The Morgan fingerprint density at radius 1 is 1.43 bits per heavy atom. The van der Waals surface area contributed by atoms with Crippen LogP contribution in [-0.2, 0) is 13.5 Å². The molecule has 74 valence electrons. The van der Waals surface area contributed by atoms with E-state index in [9.17, 15) is 0 Å². The van der Waals surface area contributed by atoms with Gasteiger partial charge in [0, 0.05) is 29.2 Å². The Morgan fingerprint density at radius 2 is 2.21 bits per heavy atom. The van der Waals surface area contributed by atoms with Crippen LogP contribution in [0.1, 0.15) is 5.56 Å². The Labute approximate surface area is 88.3 Å². The number of aromatic nitrogens is 1. The van der Waals surface area contributed by atoms with E-state index in [-0.39, 0.29) is 0 Å². The van der Waals surface area contributed by atoms with Crippen LogP contribution in [0.4, 0.5) is 0 Å². The van der Waals surface area contributed by atoms with Crippen molar-refractivity contribution in [3.8, 4) is 0 Å². The molecule has 1 aromatic heterocycles. The molecule has 0 aliphatic heterocycles. The number of halogens is 1. The maximum absolute atomic E-state index is 5.94. The first-order chi connectivity index (χ1) is 6.72. The van der Waals surface area contributed by atoms with Crippen LogP contribution in [0.3, 0.4) is 0 Å². The van der Waals surface area contributed by atoms with Crippen molar-refractivity contribution in [3.63, 3.8) is 0 Å². The van der Waals surface area contributed by atoms with Crippen LogP contribution in [0.25, 0.3) is 10.9 Å². The lowest BCUT2D eigenvalue weighted by atomic mass is 10.1. The molecule has 0 aliphatic rings. The van der Waals surface area contributed by atoms with E-state index in [1.54, 1.807) is 0 Å². The second-order valence-electron chi connectivity index (χ2n) is 3.47. The highest BCUT2D eigenvalue weighted by atomic mass is 35.5. The summed E-state index contributed by atoms with van der Waals surface area (Å²) >= 11 is 5.94. The topological polar surface area (TPSA) is 30.9 Å². The monoisotopic (exact) mass is 208 g/mol. The lowest BCUT2D eigenvalue weighted by molar-refractivity contribution is 0.929. The molecule has 1 aromatic carbocycles. The molecule has 2 N–H and O–H groups in total. The molecule has 0 unspecified atom stereocenters. The van der Waals surface area contributed by atoms with Gasteiger partial charge in [0.2, 0.25) is 0 Å². The van der Waals surface area contributed by atoms with E-state index >= 15 is 0 Å². The van der Waals surface area contributed by atoms with Gasteiger partial charge in [-0.2, -0.15) is 0 Å². The predicted octanol–water partition coefficient (Wildman–Crippen LogP) is 2.33. The van der Waals surface area contributed by atoms with Crippen molar-refractivity contribution < 1.29 is 0 Å². The van der Waals surface area contributed by atoms with Gasteiger partial charge >= 0.3 is 0 Å². The fourth-order valence-corrected chi connectivity index (χ4v) is 1.96. The van der Waals surface area contributed by atoms with E-state index in [4.69, 9.17) is 17.3 Å². The highest BCUT2D eigenvalue weighted by molar-refractivity contribution is 6.31. The number of benzene rings is 1. The molecule has 0 saturated heterocycles. The second kappa shape index (κ2) is 3.64. The van der Waals surface area contributed by atoms with Crippen molar-refractivity contribution >= 4 is 22.5 Å². The smallest absolute Gasteiger partial charge is 0.0495 e. The van der Waals surface area contributed by atoms with Crippen LogP contribution in [0.2, 0.25) is 5.02 Å². The van der Waals surface area contributed by atoms with E-state index in [0.29, 0.717) is 6.54 Å². The molecular formula is C11H13ClN2. The molecule has 0 amide bonds. The maximum atomic E-state index is 5.94. The Kier molecular flexibility index (Phi) is 2.48. The van der Waals surface area contributed by atoms with E-state index in [1.165, 1.54) is 16.5 Å². The molecule has 0 atom stereocenters. The minimum absolute atomic E-state index is 0.682. The standard InChI is InChI=1S/C11H13ClN2/c1-14-7-8(4-5-13)10-3-2-9(12)6-11(10)14/h2-3,6-7H,4-5,13H2,1H3. The minimum Gasteiger partial charge on any atom is -0.350 e. The summed E-state index contributed by atoms with van der Waals surface area (Å²) in [5.74, 6) is 0. The molecule has 2 aromatic rings. The first-order valence-electron chi connectivity index (χ1n) is 4.66. The third-order valence-electron chi connectivity index (χ3n) is 2.45. The average molecular weight is 209 g/mol. The Balaban J connectivity index is 2.65. The third-order valence-corrected chi connectivity index (χ3v) is 2.68. The van der Waals surface area contributed by atoms with Crippen LogP contribution >= 0.6 is 11.6 Å². The largest absolute Gasteiger partial charge is 0.350 e. The Morgan fingerprint density at radius 3 is 2.93 bits per heavy atom. The van der Waals surface area contributed by atoms with Crippen LogP contribution in [0.5, 0.6) is 0 Å². The van der Waals surface area contributed by atoms with Crippen LogP contribution in [-0.4, -0.2) is 11.1 Å². The molecule has 0 aliphatic carbocycles. The highest BCUT2D eigenvalue weighted by Crippen LogP contribution is 2.24. The van der Waals surface area contributed by atoms with Crippen molar-refractivity contribution in [1.82, 2.24) is 4.57 Å². The predicted molar refractivity (Wildman–Crippen MR) is 60.7 cm³/mol. The third kappa shape index (κ3) is 1.51. The summed E-state index contributed by atoms with van der Waals surface area (Å²) in [4.78, 5) is 0. The van der Waals surface area contributed by atoms with Gasteiger partial charge in [0.25, 0.3) is 0 Å². The summed E-state index contributed by atoms with van der Waals surface area (Å²) in [6.07, 6.45) is 3.03. The normalized spacial score (nSPS) is 11.1. The quantitative estimate of drug-likeness (QED) is 0.807.